The molecular weight excluding hydrogens is 323 g/mol. The molecule has 0 radical (unpaired) electrons. The van der Waals surface area contributed by atoms with E-state index in [-0.39, 0.29) is 23.7 Å². The SMILES string of the molecule is C/C(N)=C(/C#N)C(=O)COc1ccc(C(=O)c2ccc(F)cc2)cc1. The van der Waals surface area contributed by atoms with E-state index in [1.54, 1.807) is 18.2 Å². The number of halogens is 1. The van der Waals surface area contributed by atoms with Crippen LogP contribution in [0.4, 0.5) is 4.39 Å². The molecule has 0 aliphatic heterocycles. The average Bonchev–Trinajstić information content (AvgIpc) is 2.61. The summed E-state index contributed by atoms with van der Waals surface area (Å²) < 4.78 is 18.2. The molecule has 0 saturated heterocycles. The van der Waals surface area contributed by atoms with Gasteiger partial charge in [0.15, 0.2) is 12.4 Å². The highest BCUT2D eigenvalue weighted by atomic mass is 19.1. The second-order valence-electron chi connectivity index (χ2n) is 5.24. The van der Waals surface area contributed by atoms with Gasteiger partial charge in [0.2, 0.25) is 5.78 Å². The second kappa shape index (κ2) is 7.88. The van der Waals surface area contributed by atoms with Gasteiger partial charge in [0.25, 0.3) is 0 Å². The molecule has 2 N–H and O–H groups in total. The Morgan fingerprint density at radius 1 is 1.08 bits per heavy atom. The highest BCUT2D eigenvalue weighted by Gasteiger charge is 2.13. The smallest absolute Gasteiger partial charge is 0.212 e. The number of carbonyl (C=O) groups excluding carboxylic acids is 2. The largest absolute Gasteiger partial charge is 0.485 e. The molecule has 0 aliphatic rings. The van der Waals surface area contributed by atoms with Crippen molar-refractivity contribution in [2.75, 3.05) is 6.61 Å². The van der Waals surface area contributed by atoms with Gasteiger partial charge in [-0.3, -0.25) is 9.59 Å². The number of hydrogen-bond donors (Lipinski definition) is 1. The van der Waals surface area contributed by atoms with Crippen molar-refractivity contribution in [3.05, 3.63) is 76.7 Å². The molecule has 0 spiro atoms. The van der Waals surface area contributed by atoms with Crippen LogP contribution in [-0.2, 0) is 4.79 Å². The van der Waals surface area contributed by atoms with Crippen molar-refractivity contribution in [2.45, 2.75) is 6.92 Å². The lowest BCUT2D eigenvalue weighted by atomic mass is 10.0. The minimum atomic E-state index is -0.519. The molecule has 25 heavy (non-hydrogen) atoms. The number of ether oxygens (including phenoxy) is 1. The number of nitriles is 1. The number of carbonyl (C=O) groups is 2. The van der Waals surface area contributed by atoms with Crippen LogP contribution in [0.1, 0.15) is 22.8 Å². The minimum Gasteiger partial charge on any atom is -0.485 e. The zero-order chi connectivity index (χ0) is 18.4. The molecule has 2 rings (SSSR count). The molecule has 6 heteroatoms. The summed E-state index contributed by atoms with van der Waals surface area (Å²) in [6.07, 6.45) is 0. The van der Waals surface area contributed by atoms with Gasteiger partial charge in [-0.05, 0) is 55.5 Å². The quantitative estimate of drug-likeness (QED) is 0.496. The van der Waals surface area contributed by atoms with E-state index < -0.39 is 11.6 Å². The van der Waals surface area contributed by atoms with Crippen LogP contribution >= 0.6 is 0 Å². The summed E-state index contributed by atoms with van der Waals surface area (Å²) in [5.74, 6) is -0.815. The third-order valence-electron chi connectivity index (χ3n) is 3.38. The summed E-state index contributed by atoms with van der Waals surface area (Å²) >= 11 is 0. The Labute approximate surface area is 144 Å². The first-order chi connectivity index (χ1) is 11.9. The standard InChI is InChI=1S/C19H15FN2O3/c1-12(22)17(10-21)18(23)11-25-16-8-4-14(5-9-16)19(24)13-2-6-15(20)7-3-13/h2-9H,11,22H2,1H3/b17-12+. The number of nitrogens with two attached hydrogens (primary N) is 1. The van der Waals surface area contributed by atoms with Crippen molar-refractivity contribution >= 4 is 11.6 Å². The molecule has 0 aromatic heterocycles. The molecule has 0 saturated carbocycles. The molecule has 5 nitrogen and oxygen atoms in total. The fourth-order valence-electron chi connectivity index (χ4n) is 2.06. The highest BCUT2D eigenvalue weighted by molar-refractivity contribution is 6.09. The van der Waals surface area contributed by atoms with Gasteiger partial charge in [-0.2, -0.15) is 5.26 Å². The Morgan fingerprint density at radius 2 is 1.60 bits per heavy atom. The third kappa shape index (κ3) is 4.52. The number of rotatable bonds is 6. The van der Waals surface area contributed by atoms with Gasteiger partial charge in [0.05, 0.1) is 0 Å². The van der Waals surface area contributed by atoms with Crippen molar-refractivity contribution in [3.8, 4) is 11.8 Å². The molecule has 0 atom stereocenters. The van der Waals surface area contributed by atoms with Gasteiger partial charge < -0.3 is 10.5 Å². The maximum absolute atomic E-state index is 12.9. The molecule has 0 unspecified atom stereocenters. The molecule has 0 aliphatic carbocycles. The predicted octanol–water partition coefficient (Wildman–Crippen LogP) is 2.76. The van der Waals surface area contributed by atoms with Crippen molar-refractivity contribution in [3.63, 3.8) is 0 Å². The second-order valence-corrected chi connectivity index (χ2v) is 5.24. The fraction of sp³-hybridized carbons (Fsp3) is 0.105. The number of allylic oxidation sites excluding steroid dienone is 1. The summed E-state index contributed by atoms with van der Waals surface area (Å²) in [7, 11) is 0. The first-order valence-electron chi connectivity index (χ1n) is 7.35. The van der Waals surface area contributed by atoms with Crippen LogP contribution in [0.5, 0.6) is 5.75 Å². The molecule has 2 aromatic carbocycles. The van der Waals surface area contributed by atoms with E-state index in [1.807, 2.05) is 0 Å². The number of nitrogens with zero attached hydrogens (tertiary/aromatic N) is 1. The van der Waals surface area contributed by atoms with E-state index in [2.05, 4.69) is 0 Å². The first kappa shape index (κ1) is 17.9. The molecular formula is C19H15FN2O3. The average molecular weight is 338 g/mol. The van der Waals surface area contributed by atoms with Crippen LogP contribution in [0.2, 0.25) is 0 Å². The summed E-state index contributed by atoms with van der Waals surface area (Å²) in [5, 5.41) is 8.86. The van der Waals surface area contributed by atoms with Gasteiger partial charge >= 0.3 is 0 Å². The van der Waals surface area contributed by atoms with Crippen molar-refractivity contribution < 1.29 is 18.7 Å². The van der Waals surface area contributed by atoms with Crippen LogP contribution in [0.25, 0.3) is 0 Å². The lowest BCUT2D eigenvalue weighted by molar-refractivity contribution is -0.117. The normalized spacial score (nSPS) is 11.2. The van der Waals surface area contributed by atoms with E-state index in [0.717, 1.165) is 0 Å². The molecule has 0 amide bonds. The Morgan fingerprint density at radius 3 is 2.08 bits per heavy atom. The predicted molar refractivity (Wildman–Crippen MR) is 89.3 cm³/mol. The van der Waals surface area contributed by atoms with Gasteiger partial charge in [0.1, 0.15) is 23.2 Å². The van der Waals surface area contributed by atoms with E-state index in [1.165, 1.54) is 43.3 Å². The van der Waals surface area contributed by atoms with Crippen molar-refractivity contribution in [2.24, 2.45) is 5.73 Å². The van der Waals surface area contributed by atoms with Crippen molar-refractivity contribution in [1.82, 2.24) is 0 Å². The van der Waals surface area contributed by atoms with Gasteiger partial charge in [0, 0.05) is 16.8 Å². The van der Waals surface area contributed by atoms with Gasteiger partial charge in [-0.15, -0.1) is 0 Å². The Kier molecular flexibility index (Phi) is 5.64. The topological polar surface area (TPSA) is 93.2 Å². The summed E-state index contributed by atoms with van der Waals surface area (Å²) in [6, 6.07) is 13.1. The number of hydrogen-bond acceptors (Lipinski definition) is 5. The van der Waals surface area contributed by atoms with E-state index in [0.29, 0.717) is 16.9 Å². The fourth-order valence-corrected chi connectivity index (χ4v) is 2.06. The minimum absolute atomic E-state index is 0.136. The highest BCUT2D eigenvalue weighted by Crippen LogP contribution is 2.16. The number of ketones is 2. The Hall–Kier alpha value is -3.46. The lowest BCUT2D eigenvalue weighted by Gasteiger charge is -2.07. The zero-order valence-corrected chi connectivity index (χ0v) is 13.5. The van der Waals surface area contributed by atoms with Crippen LogP contribution < -0.4 is 10.5 Å². The molecule has 126 valence electrons. The van der Waals surface area contributed by atoms with E-state index in [9.17, 15) is 14.0 Å². The molecule has 0 bridgehead atoms. The Bertz CT molecular complexity index is 859. The van der Waals surface area contributed by atoms with E-state index in [4.69, 9.17) is 15.7 Å². The van der Waals surface area contributed by atoms with Crippen LogP contribution in [-0.4, -0.2) is 18.2 Å². The molecule has 0 heterocycles. The third-order valence-corrected chi connectivity index (χ3v) is 3.38. The van der Waals surface area contributed by atoms with Crippen molar-refractivity contribution in [1.29, 1.82) is 5.26 Å². The lowest BCUT2D eigenvalue weighted by Crippen LogP contribution is -2.16. The maximum Gasteiger partial charge on any atom is 0.212 e. The molecule has 2 aromatic rings. The first-order valence-corrected chi connectivity index (χ1v) is 7.35. The monoisotopic (exact) mass is 338 g/mol. The van der Waals surface area contributed by atoms with Crippen LogP contribution in [0.15, 0.2) is 59.8 Å². The summed E-state index contributed by atoms with van der Waals surface area (Å²) in [4.78, 5) is 24.1. The van der Waals surface area contributed by atoms with E-state index >= 15 is 0 Å². The summed E-state index contributed by atoms with van der Waals surface area (Å²) in [6.45, 7) is 1.13. The summed E-state index contributed by atoms with van der Waals surface area (Å²) in [5.41, 5.74) is 6.23. The maximum atomic E-state index is 12.9. The van der Waals surface area contributed by atoms with Crippen LogP contribution in [0.3, 0.4) is 0 Å². The number of Topliss-reactive ketones (excluding diaryl/α,β-unsaturated/α-hetero) is 1. The number of benzene rings is 2. The Balaban J connectivity index is 2.04. The van der Waals surface area contributed by atoms with Gasteiger partial charge in [-0.25, -0.2) is 4.39 Å². The van der Waals surface area contributed by atoms with Crippen LogP contribution in [0, 0.1) is 17.1 Å². The molecule has 0 fully saturated rings. The van der Waals surface area contributed by atoms with Gasteiger partial charge in [-0.1, -0.05) is 0 Å². The zero-order valence-electron chi connectivity index (χ0n) is 13.5.